The van der Waals surface area contributed by atoms with E-state index in [-0.39, 0.29) is 12.0 Å². The van der Waals surface area contributed by atoms with Crippen LogP contribution in [-0.2, 0) is 13.0 Å². The number of hydrogen-bond donors (Lipinski definition) is 2. The van der Waals surface area contributed by atoms with Crippen LogP contribution in [0.5, 0.6) is 0 Å². The van der Waals surface area contributed by atoms with Crippen molar-refractivity contribution >= 4 is 0 Å². The van der Waals surface area contributed by atoms with Gasteiger partial charge < -0.3 is 10.3 Å². The highest BCUT2D eigenvalue weighted by molar-refractivity contribution is 5.22. The standard InChI is InChI=1S/C15H15F2N3O/c16-10-2-1-9(13(17)6-10)5-14-19-12(7-15(21)20-14)8-18-11-3-4-11/h1-2,6-7,11,18H,3-5,8H2,(H,19,20,21). The van der Waals surface area contributed by atoms with E-state index in [1.807, 2.05) is 0 Å². The summed E-state index contributed by atoms with van der Waals surface area (Å²) in [7, 11) is 0. The third-order valence-electron chi connectivity index (χ3n) is 3.37. The number of halogens is 2. The Morgan fingerprint density at radius 1 is 1.29 bits per heavy atom. The number of nitrogens with one attached hydrogen (secondary N) is 2. The summed E-state index contributed by atoms with van der Waals surface area (Å²) in [5.41, 5.74) is 0.658. The topological polar surface area (TPSA) is 57.8 Å². The highest BCUT2D eigenvalue weighted by Crippen LogP contribution is 2.19. The van der Waals surface area contributed by atoms with Gasteiger partial charge in [-0.05, 0) is 24.5 Å². The molecule has 0 saturated heterocycles. The Kier molecular flexibility index (Phi) is 3.79. The van der Waals surface area contributed by atoms with E-state index in [1.165, 1.54) is 18.2 Å². The van der Waals surface area contributed by atoms with Gasteiger partial charge in [0.1, 0.15) is 17.5 Å². The van der Waals surface area contributed by atoms with Gasteiger partial charge in [0.05, 0.1) is 5.69 Å². The van der Waals surface area contributed by atoms with E-state index in [0.717, 1.165) is 18.9 Å². The van der Waals surface area contributed by atoms with Crippen LogP contribution in [0.4, 0.5) is 8.78 Å². The molecule has 110 valence electrons. The van der Waals surface area contributed by atoms with Gasteiger partial charge in [0.2, 0.25) is 0 Å². The van der Waals surface area contributed by atoms with Crippen molar-refractivity contribution in [3.05, 3.63) is 63.3 Å². The molecular formula is C15H15F2N3O. The molecule has 1 aliphatic rings. The number of nitrogens with zero attached hydrogens (tertiary/aromatic N) is 1. The van der Waals surface area contributed by atoms with Crippen molar-refractivity contribution in [3.8, 4) is 0 Å². The van der Waals surface area contributed by atoms with Crippen molar-refractivity contribution in [1.29, 1.82) is 0 Å². The predicted octanol–water partition coefficient (Wildman–Crippen LogP) is 1.89. The first-order valence-electron chi connectivity index (χ1n) is 6.86. The minimum absolute atomic E-state index is 0.124. The zero-order valence-electron chi connectivity index (χ0n) is 11.3. The number of hydrogen-bond acceptors (Lipinski definition) is 3. The Balaban J connectivity index is 1.78. The first-order chi connectivity index (χ1) is 10.1. The first-order valence-corrected chi connectivity index (χ1v) is 6.86. The third kappa shape index (κ3) is 3.72. The fourth-order valence-electron chi connectivity index (χ4n) is 2.12. The van der Waals surface area contributed by atoms with Gasteiger partial charge in [-0.25, -0.2) is 13.8 Å². The molecule has 0 spiro atoms. The maximum absolute atomic E-state index is 13.6. The lowest BCUT2D eigenvalue weighted by Crippen LogP contribution is -2.20. The van der Waals surface area contributed by atoms with Crippen LogP contribution in [-0.4, -0.2) is 16.0 Å². The molecule has 1 heterocycles. The lowest BCUT2D eigenvalue weighted by molar-refractivity contribution is 0.573. The molecule has 0 atom stereocenters. The number of aromatic nitrogens is 2. The molecule has 1 saturated carbocycles. The summed E-state index contributed by atoms with van der Waals surface area (Å²) in [6.07, 6.45) is 2.42. The van der Waals surface area contributed by atoms with Crippen molar-refractivity contribution in [2.45, 2.75) is 31.8 Å². The van der Waals surface area contributed by atoms with Crippen molar-refractivity contribution < 1.29 is 8.78 Å². The normalized spacial score (nSPS) is 14.4. The first kappa shape index (κ1) is 13.9. The quantitative estimate of drug-likeness (QED) is 0.884. The second kappa shape index (κ2) is 5.73. The number of H-pyrrole nitrogens is 1. The average molecular weight is 291 g/mol. The number of benzene rings is 1. The lowest BCUT2D eigenvalue weighted by atomic mass is 10.1. The molecule has 0 aliphatic heterocycles. The van der Waals surface area contributed by atoms with Crippen LogP contribution in [0.25, 0.3) is 0 Å². The molecule has 1 aliphatic carbocycles. The van der Waals surface area contributed by atoms with Gasteiger partial charge in [0.25, 0.3) is 5.56 Å². The van der Waals surface area contributed by atoms with E-state index in [9.17, 15) is 13.6 Å². The van der Waals surface area contributed by atoms with E-state index < -0.39 is 11.6 Å². The third-order valence-corrected chi connectivity index (χ3v) is 3.37. The lowest BCUT2D eigenvalue weighted by Gasteiger charge is -2.06. The van der Waals surface area contributed by atoms with Gasteiger partial charge in [-0.3, -0.25) is 4.79 Å². The molecule has 1 aromatic carbocycles. The summed E-state index contributed by atoms with van der Waals surface area (Å²) in [5, 5.41) is 3.27. The molecule has 1 aromatic heterocycles. The van der Waals surface area contributed by atoms with E-state index in [0.29, 0.717) is 29.7 Å². The second-order valence-electron chi connectivity index (χ2n) is 5.25. The molecule has 6 heteroatoms. The van der Waals surface area contributed by atoms with E-state index in [4.69, 9.17) is 0 Å². The average Bonchev–Trinajstić information content (AvgIpc) is 3.23. The van der Waals surface area contributed by atoms with Crippen molar-refractivity contribution in [2.24, 2.45) is 0 Å². The van der Waals surface area contributed by atoms with Gasteiger partial charge in [0.15, 0.2) is 0 Å². The molecule has 2 aromatic rings. The van der Waals surface area contributed by atoms with Crippen molar-refractivity contribution in [2.75, 3.05) is 0 Å². The van der Waals surface area contributed by atoms with Crippen LogP contribution in [0.15, 0.2) is 29.1 Å². The fraction of sp³-hybridized carbons (Fsp3) is 0.333. The molecule has 0 amide bonds. The maximum Gasteiger partial charge on any atom is 0.251 e. The highest BCUT2D eigenvalue weighted by atomic mass is 19.1. The molecule has 21 heavy (non-hydrogen) atoms. The smallest absolute Gasteiger partial charge is 0.251 e. The van der Waals surface area contributed by atoms with Gasteiger partial charge in [0, 0.05) is 31.1 Å². The van der Waals surface area contributed by atoms with E-state index in [1.54, 1.807) is 0 Å². The minimum Gasteiger partial charge on any atom is -0.310 e. The van der Waals surface area contributed by atoms with Gasteiger partial charge in [-0.15, -0.1) is 0 Å². The van der Waals surface area contributed by atoms with Gasteiger partial charge >= 0.3 is 0 Å². The summed E-state index contributed by atoms with van der Waals surface area (Å²) in [6, 6.07) is 5.32. The highest BCUT2D eigenvalue weighted by Gasteiger charge is 2.20. The minimum atomic E-state index is -0.640. The molecule has 2 N–H and O–H groups in total. The van der Waals surface area contributed by atoms with Crippen molar-refractivity contribution in [1.82, 2.24) is 15.3 Å². The van der Waals surface area contributed by atoms with Gasteiger partial charge in [-0.1, -0.05) is 6.07 Å². The zero-order chi connectivity index (χ0) is 14.8. The molecular weight excluding hydrogens is 276 g/mol. The van der Waals surface area contributed by atoms with Crippen LogP contribution in [0.2, 0.25) is 0 Å². The largest absolute Gasteiger partial charge is 0.310 e. The van der Waals surface area contributed by atoms with Gasteiger partial charge in [-0.2, -0.15) is 0 Å². The predicted molar refractivity (Wildman–Crippen MR) is 73.9 cm³/mol. The Morgan fingerprint density at radius 2 is 2.10 bits per heavy atom. The van der Waals surface area contributed by atoms with Crippen LogP contribution < -0.4 is 10.9 Å². The molecule has 3 rings (SSSR count). The Morgan fingerprint density at radius 3 is 2.81 bits per heavy atom. The summed E-state index contributed by atoms with van der Waals surface area (Å²) in [4.78, 5) is 18.5. The maximum atomic E-state index is 13.6. The van der Waals surface area contributed by atoms with E-state index in [2.05, 4.69) is 15.3 Å². The summed E-state index contributed by atoms with van der Waals surface area (Å²) < 4.78 is 26.5. The summed E-state index contributed by atoms with van der Waals surface area (Å²) in [6.45, 7) is 0.521. The van der Waals surface area contributed by atoms with Crippen LogP contribution in [0.3, 0.4) is 0 Å². The number of rotatable bonds is 5. The summed E-state index contributed by atoms with van der Waals surface area (Å²) in [5.74, 6) is -0.889. The van der Waals surface area contributed by atoms with Crippen molar-refractivity contribution in [3.63, 3.8) is 0 Å². The fourth-order valence-corrected chi connectivity index (χ4v) is 2.12. The zero-order valence-corrected chi connectivity index (χ0v) is 11.3. The Bertz CT molecular complexity index is 710. The van der Waals surface area contributed by atoms with Crippen LogP contribution in [0, 0.1) is 11.6 Å². The SMILES string of the molecule is O=c1cc(CNC2CC2)nc(Cc2ccc(F)cc2F)[nH]1. The molecule has 4 nitrogen and oxygen atoms in total. The van der Waals surface area contributed by atoms with Crippen LogP contribution in [0.1, 0.15) is 29.9 Å². The molecule has 1 fully saturated rings. The summed E-state index contributed by atoms with van der Waals surface area (Å²) >= 11 is 0. The van der Waals surface area contributed by atoms with Crippen LogP contribution >= 0.6 is 0 Å². The molecule has 0 unspecified atom stereocenters. The molecule has 0 radical (unpaired) electrons. The second-order valence-corrected chi connectivity index (χ2v) is 5.25. The Hall–Kier alpha value is -2.08. The monoisotopic (exact) mass is 291 g/mol. The molecule has 0 bridgehead atoms. The number of aromatic amines is 1. The van der Waals surface area contributed by atoms with E-state index >= 15 is 0 Å². The Labute approximate surface area is 120 Å².